The Morgan fingerprint density at radius 1 is 0.767 bits per heavy atom. The molecule has 0 aromatic rings. The summed E-state index contributed by atoms with van der Waals surface area (Å²) in [4.78, 5) is 23.4. The van der Waals surface area contributed by atoms with Gasteiger partial charge in [0.05, 0.1) is 5.57 Å². The fourth-order valence-corrected chi connectivity index (χ4v) is 3.32. The summed E-state index contributed by atoms with van der Waals surface area (Å²) in [6, 6.07) is 0. The van der Waals surface area contributed by atoms with Gasteiger partial charge in [-0.25, -0.2) is 9.59 Å². The van der Waals surface area contributed by atoms with Gasteiger partial charge in [-0.05, 0) is 33.6 Å². The molecule has 0 fully saturated rings. The average Bonchev–Trinajstić information content (AvgIpc) is 2.63. The molecule has 0 aliphatic heterocycles. The van der Waals surface area contributed by atoms with E-state index in [1.54, 1.807) is 26.7 Å². The fraction of sp³-hybridized carbons (Fsp3) is 0.875. The molecule has 0 atom stereocenters. The molecule has 0 saturated heterocycles. The first-order valence-electron chi connectivity index (χ1n) is 11.7. The largest absolute Gasteiger partial charge is 0.457 e. The smallest absolute Gasteiger partial charge is 0.346 e. The van der Waals surface area contributed by atoms with E-state index in [4.69, 9.17) is 16.2 Å². The first kappa shape index (κ1) is 31.0. The zero-order valence-corrected chi connectivity index (χ0v) is 20.0. The van der Waals surface area contributed by atoms with E-state index in [1.807, 2.05) is 0 Å². The van der Waals surface area contributed by atoms with Crippen LogP contribution in [-0.2, 0) is 14.3 Å². The lowest BCUT2D eigenvalue weighted by Gasteiger charge is -2.28. The monoisotopic (exact) mass is 428 g/mol. The number of hydrogen-bond donors (Lipinski definition) is 2. The Kier molecular flexibility index (Phi) is 18.1. The van der Waals surface area contributed by atoms with Crippen LogP contribution in [0.3, 0.4) is 0 Å². The van der Waals surface area contributed by atoms with Crippen molar-refractivity contribution in [3.05, 3.63) is 5.57 Å². The number of rotatable bonds is 17. The molecule has 6 heteroatoms. The maximum Gasteiger partial charge on any atom is 0.346 e. The molecular formula is C24H48N2O4. The van der Waals surface area contributed by atoms with Gasteiger partial charge in [-0.15, -0.1) is 0 Å². The number of ether oxygens (including phenoxy) is 1. The SMILES string of the molecule is CCCCCCCCCCCCCCCCC(=C=O)C(N)(N)C(=O)OC(C)(C)C.O. The van der Waals surface area contributed by atoms with Crippen molar-refractivity contribution in [3.63, 3.8) is 0 Å². The Hall–Kier alpha value is -1.20. The van der Waals surface area contributed by atoms with Crippen molar-refractivity contribution < 1.29 is 19.8 Å². The van der Waals surface area contributed by atoms with Crippen LogP contribution in [0.15, 0.2) is 5.57 Å². The van der Waals surface area contributed by atoms with E-state index in [0.717, 1.165) is 19.3 Å². The molecule has 0 heterocycles. The van der Waals surface area contributed by atoms with E-state index in [0.29, 0.717) is 6.42 Å². The van der Waals surface area contributed by atoms with Gasteiger partial charge in [0, 0.05) is 0 Å². The van der Waals surface area contributed by atoms with Crippen LogP contribution in [0.25, 0.3) is 0 Å². The lowest BCUT2D eigenvalue weighted by Crippen LogP contribution is -2.60. The van der Waals surface area contributed by atoms with Crippen LogP contribution in [0.4, 0.5) is 0 Å². The molecule has 0 aliphatic rings. The first-order chi connectivity index (χ1) is 13.6. The summed E-state index contributed by atoms with van der Waals surface area (Å²) in [7, 11) is 0. The summed E-state index contributed by atoms with van der Waals surface area (Å²) in [5, 5.41) is 0. The molecule has 0 saturated carbocycles. The summed E-state index contributed by atoms with van der Waals surface area (Å²) < 4.78 is 5.22. The molecule has 0 amide bonds. The van der Waals surface area contributed by atoms with E-state index in [2.05, 4.69) is 6.92 Å². The number of carbonyl (C=O) groups excluding carboxylic acids is 2. The second-order valence-electron chi connectivity index (χ2n) is 9.30. The highest BCUT2D eigenvalue weighted by molar-refractivity contribution is 5.87. The third-order valence-corrected chi connectivity index (χ3v) is 5.14. The second-order valence-corrected chi connectivity index (χ2v) is 9.30. The minimum atomic E-state index is -1.90. The third-order valence-electron chi connectivity index (χ3n) is 5.14. The van der Waals surface area contributed by atoms with Crippen LogP contribution in [0, 0.1) is 0 Å². The Bertz CT molecular complexity index is 492. The molecule has 0 aromatic carbocycles. The van der Waals surface area contributed by atoms with Gasteiger partial charge >= 0.3 is 5.97 Å². The van der Waals surface area contributed by atoms with Gasteiger partial charge in [0.25, 0.3) is 0 Å². The van der Waals surface area contributed by atoms with E-state index in [1.165, 1.54) is 70.6 Å². The van der Waals surface area contributed by atoms with E-state index in [9.17, 15) is 9.59 Å². The minimum Gasteiger partial charge on any atom is -0.457 e. The van der Waals surface area contributed by atoms with Crippen LogP contribution >= 0.6 is 0 Å². The Morgan fingerprint density at radius 2 is 1.13 bits per heavy atom. The van der Waals surface area contributed by atoms with Crippen LogP contribution in [0.2, 0.25) is 0 Å². The van der Waals surface area contributed by atoms with Gasteiger partial charge in [-0.1, -0.05) is 90.4 Å². The van der Waals surface area contributed by atoms with Crippen LogP contribution in [0.1, 0.15) is 124 Å². The van der Waals surface area contributed by atoms with Crippen molar-refractivity contribution in [2.24, 2.45) is 11.5 Å². The standard InChI is InChI=1S/C24H46N2O3.H2O/c1-5-6-7-8-9-10-11-12-13-14-15-16-17-18-19-21(20-27)24(25,26)22(28)29-23(2,3)4;/h5-19,25-26H2,1-4H3;1H2. The van der Waals surface area contributed by atoms with Crippen molar-refractivity contribution >= 4 is 11.9 Å². The molecule has 6 N–H and O–H groups in total. The quantitative estimate of drug-likeness (QED) is 0.150. The number of esters is 1. The van der Waals surface area contributed by atoms with Gasteiger partial charge in [-0.2, -0.15) is 0 Å². The number of nitrogens with two attached hydrogens (primary N) is 2. The molecule has 0 radical (unpaired) electrons. The van der Waals surface area contributed by atoms with Crippen LogP contribution in [0.5, 0.6) is 0 Å². The summed E-state index contributed by atoms with van der Waals surface area (Å²) in [6.07, 6.45) is 18.0. The summed E-state index contributed by atoms with van der Waals surface area (Å²) in [5.74, 6) is 0.988. The number of unbranched alkanes of at least 4 members (excludes halogenated alkanes) is 13. The maximum atomic E-state index is 12.2. The highest BCUT2D eigenvalue weighted by Gasteiger charge is 2.38. The summed E-state index contributed by atoms with van der Waals surface area (Å²) in [6.45, 7) is 7.46. The number of hydrogen-bond acceptors (Lipinski definition) is 5. The number of carbonyl (C=O) groups is 1. The molecule has 0 aliphatic carbocycles. The van der Waals surface area contributed by atoms with Crippen molar-refractivity contribution in [1.29, 1.82) is 0 Å². The molecule has 0 rings (SSSR count). The van der Waals surface area contributed by atoms with Crippen LogP contribution in [-0.4, -0.2) is 28.7 Å². The molecule has 0 aromatic heterocycles. The lowest BCUT2D eigenvalue weighted by molar-refractivity contribution is -0.159. The Morgan fingerprint density at radius 3 is 1.47 bits per heavy atom. The van der Waals surface area contributed by atoms with E-state index in [-0.39, 0.29) is 11.0 Å². The Labute approximate surface area is 184 Å². The maximum absolute atomic E-state index is 12.2. The predicted octanol–water partition coefficient (Wildman–Crippen LogP) is 4.75. The van der Waals surface area contributed by atoms with E-state index >= 15 is 0 Å². The topological polar surface area (TPSA) is 127 Å². The second kappa shape index (κ2) is 17.5. The summed E-state index contributed by atoms with van der Waals surface area (Å²) in [5.41, 5.74) is 9.25. The minimum absolute atomic E-state index is 0. The van der Waals surface area contributed by atoms with Gasteiger partial charge in [0.2, 0.25) is 0 Å². The molecule has 0 unspecified atom stereocenters. The average molecular weight is 429 g/mol. The molecule has 0 bridgehead atoms. The summed E-state index contributed by atoms with van der Waals surface area (Å²) >= 11 is 0. The van der Waals surface area contributed by atoms with Gasteiger partial charge in [-0.3, -0.25) is 11.5 Å². The lowest BCUT2D eigenvalue weighted by atomic mass is 9.96. The van der Waals surface area contributed by atoms with Gasteiger partial charge in [0.15, 0.2) is 5.66 Å². The van der Waals surface area contributed by atoms with Crippen molar-refractivity contribution in [2.45, 2.75) is 135 Å². The normalized spacial score (nSPS) is 11.5. The van der Waals surface area contributed by atoms with Gasteiger partial charge in [0.1, 0.15) is 11.5 Å². The zero-order chi connectivity index (χ0) is 22.2. The van der Waals surface area contributed by atoms with Gasteiger partial charge < -0.3 is 10.2 Å². The molecular weight excluding hydrogens is 380 g/mol. The first-order valence-corrected chi connectivity index (χ1v) is 11.7. The molecule has 30 heavy (non-hydrogen) atoms. The highest BCUT2D eigenvalue weighted by atomic mass is 16.6. The van der Waals surface area contributed by atoms with Crippen LogP contribution < -0.4 is 11.5 Å². The fourth-order valence-electron chi connectivity index (χ4n) is 3.32. The Balaban J connectivity index is 0. The highest BCUT2D eigenvalue weighted by Crippen LogP contribution is 2.20. The van der Waals surface area contributed by atoms with Crippen molar-refractivity contribution in [3.8, 4) is 0 Å². The molecule has 178 valence electrons. The van der Waals surface area contributed by atoms with Crippen molar-refractivity contribution in [2.75, 3.05) is 0 Å². The molecule has 6 nitrogen and oxygen atoms in total. The predicted molar refractivity (Wildman–Crippen MR) is 125 cm³/mol. The van der Waals surface area contributed by atoms with E-state index < -0.39 is 17.2 Å². The van der Waals surface area contributed by atoms with Crippen molar-refractivity contribution in [1.82, 2.24) is 0 Å². The third kappa shape index (κ3) is 15.6. The molecule has 0 spiro atoms. The zero-order valence-electron chi connectivity index (χ0n) is 20.0.